The van der Waals surface area contributed by atoms with Crippen LogP contribution in [-0.4, -0.2) is 102 Å². The van der Waals surface area contributed by atoms with Crippen LogP contribution >= 0.6 is 11.6 Å². The highest BCUT2D eigenvalue weighted by Crippen LogP contribution is 2.60. The monoisotopic (exact) mass is 675 g/mol. The van der Waals surface area contributed by atoms with E-state index in [1.54, 1.807) is 19.2 Å². The van der Waals surface area contributed by atoms with E-state index in [1.807, 2.05) is 23.3 Å². The number of nitrogens with one attached hydrogen (secondary N) is 1. The Morgan fingerprint density at radius 1 is 1.19 bits per heavy atom. The van der Waals surface area contributed by atoms with Crippen LogP contribution in [0.1, 0.15) is 44.6 Å². The zero-order chi connectivity index (χ0) is 32.7. The summed E-state index contributed by atoms with van der Waals surface area (Å²) in [6, 6.07) is 2.07. The summed E-state index contributed by atoms with van der Waals surface area (Å²) in [4.78, 5) is 14.9. The number of ether oxygens (including phenoxy) is 2. The molecule has 7 heterocycles. The molecule has 4 atom stereocenters. The van der Waals surface area contributed by atoms with E-state index < -0.39 is 11.3 Å². The van der Waals surface area contributed by atoms with Crippen molar-refractivity contribution in [3.63, 3.8) is 0 Å². The van der Waals surface area contributed by atoms with Crippen molar-refractivity contribution >= 4 is 50.4 Å². The van der Waals surface area contributed by atoms with E-state index in [1.165, 1.54) is 12.8 Å². The van der Waals surface area contributed by atoms with E-state index in [0.717, 1.165) is 47.2 Å². The molecule has 3 aliphatic heterocycles. The lowest BCUT2D eigenvalue weighted by Gasteiger charge is -2.34. The van der Waals surface area contributed by atoms with Crippen LogP contribution < -0.4 is 9.64 Å². The molecule has 10 rings (SSSR count). The molecule has 12 nitrogen and oxygen atoms in total. The van der Waals surface area contributed by atoms with Crippen LogP contribution in [0.5, 0.6) is 6.01 Å². The predicted molar refractivity (Wildman–Crippen MR) is 179 cm³/mol. The Kier molecular flexibility index (Phi) is 6.00. The zero-order valence-corrected chi connectivity index (χ0v) is 28.1. The number of aryl methyl sites for hydroxylation is 2. The second-order valence-electron chi connectivity index (χ2n) is 15.2. The van der Waals surface area contributed by atoms with Crippen molar-refractivity contribution in [1.82, 2.24) is 39.4 Å². The normalized spacial score (nSPS) is 29.6. The minimum absolute atomic E-state index is 0.0589. The lowest BCUT2D eigenvalue weighted by atomic mass is 9.92. The second-order valence-corrected chi connectivity index (χ2v) is 15.6. The summed E-state index contributed by atoms with van der Waals surface area (Å²) < 4.78 is 32.4. The van der Waals surface area contributed by atoms with E-state index in [9.17, 15) is 5.11 Å². The van der Waals surface area contributed by atoms with Crippen LogP contribution in [0.25, 0.3) is 44.2 Å². The van der Waals surface area contributed by atoms with Gasteiger partial charge in [-0.25, -0.2) is 4.39 Å². The minimum atomic E-state index is -1.52. The van der Waals surface area contributed by atoms with Gasteiger partial charge in [0.15, 0.2) is 5.65 Å². The Bertz CT molecular complexity index is 2150. The van der Waals surface area contributed by atoms with Crippen LogP contribution in [-0.2, 0) is 24.5 Å². The Labute approximate surface area is 281 Å². The average molecular weight is 676 g/mol. The third-order valence-electron chi connectivity index (χ3n) is 11.8. The highest BCUT2D eigenvalue weighted by Gasteiger charge is 2.64. The summed E-state index contributed by atoms with van der Waals surface area (Å²) in [5.41, 5.74) is 2.12. The van der Waals surface area contributed by atoms with Crippen LogP contribution in [0.15, 0.2) is 12.3 Å². The molecule has 252 valence electrons. The predicted octanol–water partition coefficient (Wildman–Crippen LogP) is 4.46. The van der Waals surface area contributed by atoms with Gasteiger partial charge in [0.25, 0.3) is 0 Å². The number of fused-ring (bicyclic) bond motifs is 7. The number of hydrogen-bond acceptors (Lipinski definition) is 9. The molecule has 2 N–H and O–H groups in total. The first-order valence-corrected chi connectivity index (χ1v) is 17.5. The first-order chi connectivity index (χ1) is 23.1. The van der Waals surface area contributed by atoms with Crippen molar-refractivity contribution in [1.29, 1.82) is 0 Å². The van der Waals surface area contributed by atoms with Crippen molar-refractivity contribution < 1.29 is 19.0 Å². The molecule has 4 aromatic heterocycles. The summed E-state index contributed by atoms with van der Waals surface area (Å²) in [7, 11) is 3.85. The molecule has 0 amide bonds. The highest BCUT2D eigenvalue weighted by atomic mass is 35.5. The molecule has 0 unspecified atom stereocenters. The van der Waals surface area contributed by atoms with Gasteiger partial charge in [0.2, 0.25) is 0 Å². The van der Waals surface area contributed by atoms with Crippen molar-refractivity contribution in [2.75, 3.05) is 50.9 Å². The van der Waals surface area contributed by atoms with Gasteiger partial charge in [-0.05, 0) is 63.5 Å². The molecule has 2 saturated carbocycles. The van der Waals surface area contributed by atoms with Gasteiger partial charge in [0.05, 0.1) is 53.4 Å². The topological polar surface area (TPSA) is 122 Å². The third-order valence-corrected chi connectivity index (χ3v) is 12.1. The molecule has 14 heteroatoms. The number of halogens is 2. The zero-order valence-electron chi connectivity index (χ0n) is 27.4. The molecule has 1 aromatic carbocycles. The van der Waals surface area contributed by atoms with Gasteiger partial charge < -0.3 is 24.0 Å². The number of piperidine rings is 1. The van der Waals surface area contributed by atoms with Gasteiger partial charge in [-0.2, -0.15) is 20.2 Å². The number of aliphatic hydroxyl groups is 1. The smallest absolute Gasteiger partial charge is 0.320 e. The standard InChI is InChI=1S/C34H39ClFN9O3/c1-32(46)15-44(9-10-47-16-32)30-24-27-28(26(41-43(27)3)23-19-13-37-40-22(19)12-21(35)25(23)33(36)6-7-33)42(2)29(24)38-31(39-30)48-17-34-5-4-8-45(34)14-18-11-20(18)34/h12-13,18,20,46H,4-11,14-17H2,1-3H3,(H,37,40)/t18-,20-,32-,34-/m0/s1. The lowest BCUT2D eigenvalue weighted by molar-refractivity contribution is -0.0123. The van der Waals surface area contributed by atoms with Gasteiger partial charge in [-0.15, -0.1) is 0 Å². The number of rotatable bonds is 6. The molecule has 0 bridgehead atoms. The number of hydrogen-bond donors (Lipinski definition) is 2. The quantitative estimate of drug-likeness (QED) is 0.269. The first kappa shape index (κ1) is 29.4. The van der Waals surface area contributed by atoms with Crippen LogP contribution in [0.3, 0.4) is 0 Å². The number of H-pyrrole nitrogens is 1. The lowest BCUT2D eigenvalue weighted by Crippen LogP contribution is -2.47. The number of β-amino-alcohol motifs (C(OH)–C–C–N with tert-alkyl or cyclic N) is 1. The van der Waals surface area contributed by atoms with E-state index in [2.05, 4.69) is 20.0 Å². The summed E-state index contributed by atoms with van der Waals surface area (Å²) in [6.45, 7) is 6.14. The minimum Gasteiger partial charge on any atom is -0.461 e. The fraction of sp³-hybridized carbons (Fsp3) is 0.588. The Hall–Kier alpha value is -3.52. The summed E-state index contributed by atoms with van der Waals surface area (Å²) in [6.07, 6.45) is 6.13. The number of nitrogens with zero attached hydrogens (tertiary/aromatic N) is 8. The molecule has 48 heavy (non-hydrogen) atoms. The maximum Gasteiger partial charge on any atom is 0.320 e. The third kappa shape index (κ3) is 4.10. The van der Waals surface area contributed by atoms with E-state index in [-0.39, 0.29) is 12.1 Å². The number of aromatic amines is 1. The van der Waals surface area contributed by atoms with E-state index >= 15 is 4.39 Å². The molecule has 5 aliphatic rings. The molecular weight excluding hydrogens is 637 g/mol. The molecule has 0 spiro atoms. The Morgan fingerprint density at radius 2 is 2.04 bits per heavy atom. The number of benzene rings is 1. The van der Waals surface area contributed by atoms with Gasteiger partial charge in [-0.3, -0.25) is 14.7 Å². The van der Waals surface area contributed by atoms with Crippen molar-refractivity contribution in [2.24, 2.45) is 25.9 Å². The van der Waals surface area contributed by atoms with Gasteiger partial charge >= 0.3 is 6.01 Å². The van der Waals surface area contributed by atoms with Crippen LogP contribution in [0.2, 0.25) is 5.02 Å². The molecule has 5 fully saturated rings. The SMILES string of the molecule is Cn1nc(-c2c(C3(F)CC3)c(Cl)cc3[nH]ncc23)c2c1c1c(N3CCOC[C@@](C)(O)C3)nc(OC[C@]34CCCN3C[C@@H]3C[C@@H]34)nc1n2C. The Morgan fingerprint density at radius 3 is 2.88 bits per heavy atom. The van der Waals surface area contributed by atoms with E-state index in [0.29, 0.717) is 89.9 Å². The molecule has 2 aliphatic carbocycles. The number of aromatic nitrogens is 7. The van der Waals surface area contributed by atoms with Crippen LogP contribution in [0.4, 0.5) is 10.2 Å². The van der Waals surface area contributed by atoms with Crippen molar-refractivity contribution in [2.45, 2.75) is 55.8 Å². The van der Waals surface area contributed by atoms with E-state index in [4.69, 9.17) is 36.1 Å². The van der Waals surface area contributed by atoms with Crippen molar-refractivity contribution in [3.8, 4) is 17.3 Å². The second kappa shape index (κ2) is 9.80. The maximum atomic E-state index is 16.2. The fourth-order valence-electron chi connectivity index (χ4n) is 9.34. The summed E-state index contributed by atoms with van der Waals surface area (Å²) in [5.74, 6) is 2.12. The molecular formula is C34H39ClFN9O3. The van der Waals surface area contributed by atoms with Crippen molar-refractivity contribution in [3.05, 3.63) is 22.8 Å². The fourth-order valence-corrected chi connectivity index (χ4v) is 9.71. The largest absolute Gasteiger partial charge is 0.461 e. The van der Waals surface area contributed by atoms with Gasteiger partial charge in [0.1, 0.15) is 29.4 Å². The van der Waals surface area contributed by atoms with Gasteiger partial charge in [-0.1, -0.05) is 11.6 Å². The summed E-state index contributed by atoms with van der Waals surface area (Å²) in [5, 5.41) is 25.5. The average Bonchev–Trinajstić information content (AvgIpc) is 3.70. The molecule has 0 radical (unpaired) electrons. The Balaban J connectivity index is 1.19. The summed E-state index contributed by atoms with van der Waals surface area (Å²) >= 11 is 6.83. The number of anilines is 1. The van der Waals surface area contributed by atoms with Crippen LogP contribution in [0, 0.1) is 11.8 Å². The molecule has 3 saturated heterocycles. The first-order valence-electron chi connectivity index (χ1n) is 17.1. The van der Waals surface area contributed by atoms with Gasteiger partial charge in [0, 0.05) is 48.7 Å². The molecule has 5 aromatic rings. The number of alkyl halides is 1. The highest BCUT2D eigenvalue weighted by molar-refractivity contribution is 6.33. The maximum absolute atomic E-state index is 16.2.